The molecule has 1 aromatic carbocycles. The number of carbonyl (C=O) groups is 3. The van der Waals surface area contributed by atoms with Crippen molar-refractivity contribution in [1.82, 2.24) is 30.0 Å². The number of rotatable bonds is 3. The first-order chi connectivity index (χ1) is 28.3. The number of fused-ring (bicyclic) bond motifs is 6. The van der Waals surface area contributed by atoms with E-state index < -0.39 is 54.1 Å². The van der Waals surface area contributed by atoms with Crippen molar-refractivity contribution < 1.29 is 73.9 Å². The van der Waals surface area contributed by atoms with Gasteiger partial charge in [0.15, 0.2) is 5.82 Å². The molecule has 60 heavy (non-hydrogen) atoms. The van der Waals surface area contributed by atoms with Gasteiger partial charge in [0.2, 0.25) is 0 Å². The highest BCUT2D eigenvalue weighted by Gasteiger charge is 2.50. The van der Waals surface area contributed by atoms with Gasteiger partial charge in [0.25, 0.3) is 0 Å². The Labute approximate surface area is 337 Å². The van der Waals surface area contributed by atoms with Gasteiger partial charge in [-0.3, -0.25) is 15.0 Å². The number of carboxylic acids is 2. The normalized spacial score (nSPS) is 24.9. The second-order valence-electron chi connectivity index (χ2n) is 15.0. The Kier molecular flexibility index (Phi) is 11.6. The van der Waals surface area contributed by atoms with E-state index in [1.54, 1.807) is 18.5 Å². The van der Waals surface area contributed by atoms with Gasteiger partial charge in [-0.2, -0.15) is 41.4 Å². The summed E-state index contributed by atoms with van der Waals surface area (Å²) in [5.74, 6) is -5.79. The number of nitrogens with zero attached hydrogens (tertiary/aromatic N) is 6. The molecule has 6 bridgehead atoms. The summed E-state index contributed by atoms with van der Waals surface area (Å²) in [4.78, 5) is 48.8. The molecule has 324 valence electrons. The lowest BCUT2D eigenvalue weighted by atomic mass is 9.94. The third-order valence-electron chi connectivity index (χ3n) is 11.0. The maximum Gasteiger partial charge on any atom is 0.508 e. The van der Waals surface area contributed by atoms with Crippen LogP contribution >= 0.6 is 11.6 Å². The molecule has 5 aliphatic heterocycles. The molecule has 3 saturated heterocycles. The van der Waals surface area contributed by atoms with Gasteiger partial charge >= 0.3 is 36.5 Å². The smallest absolute Gasteiger partial charge is 0.475 e. The lowest BCUT2D eigenvalue weighted by Gasteiger charge is -2.34. The summed E-state index contributed by atoms with van der Waals surface area (Å²) in [7, 11) is 0. The molecule has 15 nitrogen and oxygen atoms in total. The van der Waals surface area contributed by atoms with Crippen LogP contribution in [0, 0.1) is 11.7 Å². The molecule has 10 rings (SSSR count). The molecule has 3 unspecified atom stereocenters. The Balaban J connectivity index is 0.000000337. The minimum atomic E-state index is -5.08. The van der Waals surface area contributed by atoms with Gasteiger partial charge in [-0.1, -0.05) is 11.6 Å². The summed E-state index contributed by atoms with van der Waals surface area (Å²) in [6.07, 6.45) is -4.74. The van der Waals surface area contributed by atoms with E-state index in [0.29, 0.717) is 71.6 Å². The predicted octanol–water partition coefficient (Wildman–Crippen LogP) is 6.82. The number of carboxylic acid groups (broad SMARTS) is 2. The molecule has 8 heterocycles. The van der Waals surface area contributed by atoms with E-state index in [0.717, 1.165) is 31.4 Å². The minimum absolute atomic E-state index is 0.00427. The predicted molar refractivity (Wildman–Crippen MR) is 192 cm³/mol. The Hall–Kier alpha value is -5.32. The lowest BCUT2D eigenvalue weighted by molar-refractivity contribution is -0.193. The third-order valence-corrected chi connectivity index (χ3v) is 11.3. The number of benzene rings is 1. The fourth-order valence-electron chi connectivity index (χ4n) is 8.20. The molecule has 4 fully saturated rings. The largest absolute Gasteiger partial charge is 0.508 e. The van der Waals surface area contributed by atoms with Crippen molar-refractivity contribution in [2.75, 3.05) is 44.3 Å². The Bertz CT molecular complexity index is 2290. The number of hydrogen-bond donors (Lipinski definition) is 3. The average molecular weight is 880 g/mol. The zero-order valence-corrected chi connectivity index (χ0v) is 31.7. The molecule has 5 atom stereocenters. The number of pyridine rings is 1. The van der Waals surface area contributed by atoms with Crippen LogP contribution in [0.1, 0.15) is 50.0 Å². The van der Waals surface area contributed by atoms with E-state index in [9.17, 15) is 35.5 Å². The molecule has 24 heteroatoms. The molecule has 6 aliphatic rings. The monoisotopic (exact) mass is 879 g/mol. The van der Waals surface area contributed by atoms with E-state index in [4.69, 9.17) is 55.6 Å². The summed E-state index contributed by atoms with van der Waals surface area (Å²) >= 11 is 6.87. The van der Waals surface area contributed by atoms with Crippen LogP contribution in [0.15, 0.2) is 18.5 Å². The number of H-pyrrole nitrogens is 1. The summed E-state index contributed by atoms with van der Waals surface area (Å²) in [6.45, 7) is 2.52. The van der Waals surface area contributed by atoms with Crippen molar-refractivity contribution in [3.8, 4) is 17.3 Å². The van der Waals surface area contributed by atoms with E-state index in [2.05, 4.69) is 20.1 Å². The van der Waals surface area contributed by atoms with Gasteiger partial charge in [0, 0.05) is 47.6 Å². The second-order valence-corrected chi connectivity index (χ2v) is 15.4. The fraction of sp³-hybridized carbons (Fsp3) is 0.528. The average Bonchev–Trinajstić information content (AvgIpc) is 3.41. The van der Waals surface area contributed by atoms with Crippen LogP contribution in [-0.2, 0) is 19.1 Å². The molecule has 3 aromatic heterocycles. The highest BCUT2D eigenvalue weighted by atomic mass is 35.5. The number of hydrogen-bond acceptors (Lipinski definition) is 12. The summed E-state index contributed by atoms with van der Waals surface area (Å²) < 4.78 is 113. The highest BCUT2D eigenvalue weighted by molar-refractivity contribution is 6.33. The van der Waals surface area contributed by atoms with Crippen molar-refractivity contribution in [3.05, 3.63) is 34.9 Å². The Morgan fingerprint density at radius 2 is 1.75 bits per heavy atom. The molecule has 0 amide bonds. The van der Waals surface area contributed by atoms with E-state index in [1.165, 1.54) is 0 Å². The summed E-state index contributed by atoms with van der Waals surface area (Å²) in [6, 6.07) is 1.79. The zero-order valence-electron chi connectivity index (χ0n) is 31.0. The maximum atomic E-state index is 17.0. The van der Waals surface area contributed by atoms with Crippen molar-refractivity contribution >= 4 is 57.3 Å². The number of aliphatic carboxylic acids is 2. The van der Waals surface area contributed by atoms with Crippen molar-refractivity contribution in [2.24, 2.45) is 5.92 Å². The SMILES string of the molecule is O=C(O)C(F)(F)F.O=C(O)C(F)(F)F.O=C1OCC2CC2c2c(Cl)cc3[nH]ncc3c2-c2ncc3c(nc(OC[C@@]45CCCN4C[C@H](F)C5)nc3c2F)N2CCCC(C2)O1. The van der Waals surface area contributed by atoms with Gasteiger partial charge < -0.3 is 29.3 Å². The van der Waals surface area contributed by atoms with Crippen LogP contribution in [0.4, 0.5) is 45.7 Å². The van der Waals surface area contributed by atoms with Crippen molar-refractivity contribution in [1.29, 1.82) is 0 Å². The number of carbonyl (C=O) groups excluding carboxylic acids is 1. The summed E-state index contributed by atoms with van der Waals surface area (Å²) in [5, 5.41) is 22.9. The zero-order chi connectivity index (χ0) is 43.3. The van der Waals surface area contributed by atoms with E-state index in [1.807, 2.05) is 4.90 Å². The standard InChI is InChI=1S/C32H32ClF2N7O4.2C2HF3O2/c33-22-8-23-20(11-37-40-23)25-24(22)19-7-16(19)14-44-31(43)46-18-3-1-5-41(13-18)29-21-10-36-28(25)26(35)27(21)38-30(39-29)45-15-32-4-2-6-42(32)12-17(34)9-32;2*3-2(4,5)1(6)7/h8,10-11,16-19H,1-7,9,12-15H2,(H,37,40);2*(H,6,7)/t16?,17-,18?,19?,32+;;/m1../s1. The first-order valence-corrected chi connectivity index (χ1v) is 18.9. The van der Waals surface area contributed by atoms with Gasteiger partial charge in [-0.25, -0.2) is 23.2 Å². The molecule has 4 aromatic rings. The fourth-order valence-corrected chi connectivity index (χ4v) is 8.54. The van der Waals surface area contributed by atoms with Crippen LogP contribution in [0.2, 0.25) is 5.02 Å². The van der Waals surface area contributed by atoms with E-state index in [-0.39, 0.29) is 42.3 Å². The number of piperidine rings is 1. The first-order valence-electron chi connectivity index (χ1n) is 18.5. The molecule has 1 aliphatic carbocycles. The van der Waals surface area contributed by atoms with Crippen LogP contribution in [0.3, 0.4) is 0 Å². The quantitative estimate of drug-likeness (QED) is 0.143. The topological polar surface area (TPSA) is 193 Å². The van der Waals surface area contributed by atoms with Crippen LogP contribution in [0.25, 0.3) is 33.1 Å². The number of aromatic amines is 1. The molecule has 0 spiro atoms. The van der Waals surface area contributed by atoms with Crippen LogP contribution in [0.5, 0.6) is 6.01 Å². The Morgan fingerprint density at radius 1 is 1.03 bits per heavy atom. The number of ether oxygens (including phenoxy) is 3. The van der Waals surface area contributed by atoms with E-state index >= 15 is 4.39 Å². The number of anilines is 1. The molecule has 1 saturated carbocycles. The minimum Gasteiger partial charge on any atom is -0.475 e. The maximum absolute atomic E-state index is 17.0. The third kappa shape index (κ3) is 8.77. The van der Waals surface area contributed by atoms with Gasteiger partial charge in [0.1, 0.15) is 35.9 Å². The van der Waals surface area contributed by atoms with Crippen molar-refractivity contribution in [2.45, 2.75) is 74.6 Å². The van der Waals surface area contributed by atoms with Crippen molar-refractivity contribution in [3.63, 3.8) is 0 Å². The Morgan fingerprint density at radius 3 is 2.45 bits per heavy atom. The second kappa shape index (κ2) is 16.3. The molecular formula is C36H34ClF8N7O8. The van der Waals surface area contributed by atoms with Gasteiger partial charge in [0.05, 0.1) is 35.8 Å². The number of nitrogens with one attached hydrogen (secondary N) is 1. The number of halogens is 9. The van der Waals surface area contributed by atoms with Gasteiger partial charge in [-0.15, -0.1) is 0 Å². The number of aromatic nitrogens is 5. The molecular weight excluding hydrogens is 846 g/mol. The molecule has 3 N–H and O–H groups in total. The van der Waals surface area contributed by atoms with Crippen LogP contribution < -0.4 is 9.64 Å². The van der Waals surface area contributed by atoms with Gasteiger partial charge in [-0.05, 0) is 56.2 Å². The van der Waals surface area contributed by atoms with Crippen LogP contribution in [-0.4, -0.2) is 128 Å². The first kappa shape index (κ1) is 42.8. The highest BCUT2D eigenvalue weighted by Crippen LogP contribution is 2.54. The molecule has 0 radical (unpaired) electrons. The number of alkyl halides is 7. The lowest BCUT2D eigenvalue weighted by Crippen LogP contribution is -2.43. The summed E-state index contributed by atoms with van der Waals surface area (Å²) in [5.41, 5.74) is 1.62.